The Hall–Kier alpha value is -1.75. The summed E-state index contributed by atoms with van der Waals surface area (Å²) in [4.78, 5) is 11.8. The second-order valence-corrected chi connectivity index (χ2v) is 4.47. The molecule has 0 aromatic heterocycles. The highest BCUT2D eigenvalue weighted by molar-refractivity contribution is 5.97. The number of para-hydroxylation sites is 1. The number of phenolic OH excluding ortho intramolecular Hbond substituents is 1. The Morgan fingerprint density at radius 3 is 2.89 bits per heavy atom. The van der Waals surface area contributed by atoms with Gasteiger partial charge in [0.05, 0.1) is 18.8 Å². The molecule has 5 heteroatoms. The van der Waals surface area contributed by atoms with Crippen LogP contribution in [0.25, 0.3) is 0 Å². The third-order valence-corrected chi connectivity index (χ3v) is 3.10. The van der Waals surface area contributed by atoms with Gasteiger partial charge in [-0.15, -0.1) is 0 Å². The predicted octanol–water partition coefficient (Wildman–Crippen LogP) is 0.901. The number of rotatable bonds is 5. The van der Waals surface area contributed by atoms with Crippen molar-refractivity contribution >= 4 is 5.91 Å². The second-order valence-electron chi connectivity index (χ2n) is 4.47. The van der Waals surface area contributed by atoms with Gasteiger partial charge in [0.2, 0.25) is 0 Å². The molecule has 1 aromatic rings. The molecule has 1 amide bonds. The zero-order valence-corrected chi connectivity index (χ0v) is 10.2. The van der Waals surface area contributed by atoms with Crippen LogP contribution in [0.1, 0.15) is 23.2 Å². The minimum Gasteiger partial charge on any atom is -0.504 e. The smallest absolute Gasteiger partial charge is 0.255 e. The second kappa shape index (κ2) is 5.27. The first-order valence-electron chi connectivity index (χ1n) is 5.95. The van der Waals surface area contributed by atoms with E-state index < -0.39 is 12.0 Å². The third-order valence-electron chi connectivity index (χ3n) is 3.10. The van der Waals surface area contributed by atoms with Crippen LogP contribution < -0.4 is 10.1 Å². The third kappa shape index (κ3) is 2.73. The number of phenols is 1. The lowest BCUT2D eigenvalue weighted by Crippen LogP contribution is -2.33. The summed E-state index contributed by atoms with van der Waals surface area (Å²) in [6, 6.07) is 4.71. The molecule has 1 aliphatic carbocycles. The number of aliphatic hydroxyl groups is 1. The number of aliphatic hydroxyl groups excluding tert-OH is 1. The van der Waals surface area contributed by atoms with Crippen LogP contribution in [0, 0.1) is 5.92 Å². The maximum atomic E-state index is 11.8. The van der Waals surface area contributed by atoms with E-state index in [2.05, 4.69) is 5.32 Å². The van der Waals surface area contributed by atoms with Crippen LogP contribution in [0.15, 0.2) is 18.2 Å². The minimum atomic E-state index is -0.498. The van der Waals surface area contributed by atoms with E-state index in [4.69, 9.17) is 4.74 Å². The van der Waals surface area contributed by atoms with Gasteiger partial charge in [-0.25, -0.2) is 0 Å². The van der Waals surface area contributed by atoms with E-state index in [1.165, 1.54) is 13.2 Å². The Kier molecular flexibility index (Phi) is 3.72. The first-order valence-corrected chi connectivity index (χ1v) is 5.95. The average Bonchev–Trinajstić information content (AvgIpc) is 3.20. The van der Waals surface area contributed by atoms with Gasteiger partial charge in [-0.3, -0.25) is 4.79 Å². The van der Waals surface area contributed by atoms with Crippen LogP contribution in [-0.2, 0) is 0 Å². The molecule has 2 rings (SSSR count). The Labute approximate surface area is 105 Å². The highest BCUT2D eigenvalue weighted by Gasteiger charge is 2.30. The van der Waals surface area contributed by atoms with Gasteiger partial charge in [0.25, 0.3) is 5.91 Å². The topological polar surface area (TPSA) is 78.8 Å². The molecule has 5 nitrogen and oxygen atoms in total. The number of carbonyl (C=O) groups is 1. The van der Waals surface area contributed by atoms with E-state index in [1.807, 2.05) is 0 Å². The van der Waals surface area contributed by atoms with E-state index >= 15 is 0 Å². The number of ether oxygens (including phenoxy) is 1. The summed E-state index contributed by atoms with van der Waals surface area (Å²) in [5.74, 6) is -0.0286. The molecule has 0 radical (unpaired) electrons. The van der Waals surface area contributed by atoms with Crippen LogP contribution in [0.5, 0.6) is 11.5 Å². The fourth-order valence-corrected chi connectivity index (χ4v) is 1.81. The van der Waals surface area contributed by atoms with Crippen molar-refractivity contribution in [2.45, 2.75) is 18.9 Å². The number of benzene rings is 1. The Balaban J connectivity index is 1.99. The van der Waals surface area contributed by atoms with E-state index in [0.717, 1.165) is 12.8 Å². The number of carbonyl (C=O) groups excluding carboxylic acids is 1. The van der Waals surface area contributed by atoms with E-state index in [-0.39, 0.29) is 23.6 Å². The fourth-order valence-electron chi connectivity index (χ4n) is 1.81. The first kappa shape index (κ1) is 12.7. The lowest BCUT2D eigenvalue weighted by Gasteiger charge is -2.12. The molecule has 0 bridgehead atoms. The zero-order valence-electron chi connectivity index (χ0n) is 10.2. The van der Waals surface area contributed by atoms with Gasteiger partial charge in [-0.1, -0.05) is 6.07 Å². The lowest BCUT2D eigenvalue weighted by atomic mass is 10.1. The standard InChI is InChI=1S/C13H17NO4/c1-18-11-4-2-3-9(12(11)16)13(17)14-7-10(15)8-5-6-8/h2-4,8,10,15-16H,5-7H2,1H3,(H,14,17). The summed E-state index contributed by atoms with van der Waals surface area (Å²) in [5.41, 5.74) is 0.150. The number of amides is 1. The average molecular weight is 251 g/mol. The number of hydrogen-bond acceptors (Lipinski definition) is 4. The van der Waals surface area contributed by atoms with Gasteiger partial charge in [0, 0.05) is 6.54 Å². The van der Waals surface area contributed by atoms with E-state index in [1.54, 1.807) is 12.1 Å². The Bertz CT molecular complexity index is 443. The maximum Gasteiger partial charge on any atom is 0.255 e. The normalized spacial score (nSPS) is 16.1. The van der Waals surface area contributed by atoms with Crippen molar-refractivity contribution in [2.24, 2.45) is 5.92 Å². The molecule has 0 saturated heterocycles. The van der Waals surface area contributed by atoms with Gasteiger partial charge in [-0.2, -0.15) is 0 Å². The maximum absolute atomic E-state index is 11.8. The highest BCUT2D eigenvalue weighted by atomic mass is 16.5. The summed E-state index contributed by atoms with van der Waals surface area (Å²) in [5, 5.41) is 22.1. The predicted molar refractivity (Wildman–Crippen MR) is 65.7 cm³/mol. The molecule has 1 unspecified atom stereocenters. The summed E-state index contributed by atoms with van der Waals surface area (Å²) in [7, 11) is 1.42. The van der Waals surface area contributed by atoms with Crippen LogP contribution >= 0.6 is 0 Å². The molecule has 0 spiro atoms. The van der Waals surface area contributed by atoms with Crippen molar-refractivity contribution in [2.75, 3.05) is 13.7 Å². The van der Waals surface area contributed by atoms with Gasteiger partial charge in [-0.05, 0) is 30.9 Å². The molecule has 3 N–H and O–H groups in total. The molecular weight excluding hydrogens is 234 g/mol. The summed E-state index contributed by atoms with van der Waals surface area (Å²) < 4.78 is 4.93. The monoisotopic (exact) mass is 251 g/mol. The van der Waals surface area contributed by atoms with Crippen LogP contribution in [0.2, 0.25) is 0 Å². The number of hydrogen-bond donors (Lipinski definition) is 3. The largest absolute Gasteiger partial charge is 0.504 e. The molecule has 0 aliphatic heterocycles. The van der Waals surface area contributed by atoms with Gasteiger partial charge < -0.3 is 20.3 Å². The minimum absolute atomic E-state index is 0.150. The van der Waals surface area contributed by atoms with Crippen LogP contribution in [0.3, 0.4) is 0 Å². The van der Waals surface area contributed by atoms with Crippen LogP contribution in [0.4, 0.5) is 0 Å². The molecule has 1 aromatic carbocycles. The highest BCUT2D eigenvalue weighted by Crippen LogP contribution is 2.32. The van der Waals surface area contributed by atoms with Crippen molar-refractivity contribution in [3.05, 3.63) is 23.8 Å². The van der Waals surface area contributed by atoms with Crippen molar-refractivity contribution in [3.63, 3.8) is 0 Å². The molecular formula is C13H17NO4. The zero-order chi connectivity index (χ0) is 13.1. The molecule has 98 valence electrons. The van der Waals surface area contributed by atoms with Crippen molar-refractivity contribution in [1.82, 2.24) is 5.32 Å². The fraction of sp³-hybridized carbons (Fsp3) is 0.462. The molecule has 1 fully saturated rings. The summed E-state index contributed by atoms with van der Waals surface area (Å²) in [6.07, 6.45) is 1.53. The quantitative estimate of drug-likeness (QED) is 0.726. The number of aromatic hydroxyl groups is 1. The lowest BCUT2D eigenvalue weighted by molar-refractivity contribution is 0.0898. The van der Waals surface area contributed by atoms with E-state index in [9.17, 15) is 15.0 Å². The SMILES string of the molecule is COc1cccc(C(=O)NCC(O)C2CC2)c1O. The van der Waals surface area contributed by atoms with E-state index in [0.29, 0.717) is 5.92 Å². The Morgan fingerprint density at radius 1 is 1.56 bits per heavy atom. The van der Waals surface area contributed by atoms with Gasteiger partial charge >= 0.3 is 0 Å². The first-order chi connectivity index (χ1) is 8.63. The van der Waals surface area contributed by atoms with Gasteiger partial charge in [0.15, 0.2) is 11.5 Å². The molecule has 1 aliphatic rings. The molecule has 1 atom stereocenters. The van der Waals surface area contributed by atoms with Crippen molar-refractivity contribution < 1.29 is 19.7 Å². The number of methoxy groups -OCH3 is 1. The number of nitrogens with one attached hydrogen (secondary N) is 1. The molecule has 0 heterocycles. The molecule has 18 heavy (non-hydrogen) atoms. The molecule has 1 saturated carbocycles. The summed E-state index contributed by atoms with van der Waals surface area (Å²) in [6.45, 7) is 0.208. The van der Waals surface area contributed by atoms with Crippen LogP contribution in [-0.4, -0.2) is 35.9 Å². The van der Waals surface area contributed by atoms with Gasteiger partial charge in [0.1, 0.15) is 0 Å². The van der Waals surface area contributed by atoms with Crippen molar-refractivity contribution in [3.8, 4) is 11.5 Å². The van der Waals surface area contributed by atoms with Crippen molar-refractivity contribution in [1.29, 1.82) is 0 Å². The Morgan fingerprint density at radius 2 is 2.28 bits per heavy atom. The summed E-state index contributed by atoms with van der Waals surface area (Å²) >= 11 is 0.